The van der Waals surface area contributed by atoms with Gasteiger partial charge in [0.2, 0.25) is 10.0 Å². The third kappa shape index (κ3) is 2.30. The summed E-state index contributed by atoms with van der Waals surface area (Å²) in [5.41, 5.74) is 0.745. The van der Waals surface area contributed by atoms with Crippen LogP contribution in [-0.4, -0.2) is 8.42 Å². The fraction of sp³-hybridized carbons (Fsp3) is 0.333. The van der Waals surface area contributed by atoms with Gasteiger partial charge >= 0.3 is 0 Å². The second kappa shape index (κ2) is 3.67. The highest BCUT2D eigenvalue weighted by molar-refractivity contribution is 7.89. The zero-order valence-electron chi connectivity index (χ0n) is 7.99. The molecule has 14 heavy (non-hydrogen) atoms. The van der Waals surface area contributed by atoms with Crippen LogP contribution < -0.4 is 5.14 Å². The van der Waals surface area contributed by atoms with Gasteiger partial charge in [-0.15, -0.1) is 0 Å². The summed E-state index contributed by atoms with van der Waals surface area (Å²) < 4.78 is 35.0. The molecule has 78 valence electrons. The van der Waals surface area contributed by atoms with Crippen molar-refractivity contribution in [3.05, 3.63) is 29.6 Å². The Kier molecular flexibility index (Phi) is 2.92. The molecule has 1 rings (SSSR count). The van der Waals surface area contributed by atoms with Gasteiger partial charge in [0, 0.05) is 0 Å². The maximum atomic E-state index is 13.2. The van der Waals surface area contributed by atoms with Crippen molar-refractivity contribution in [2.75, 3.05) is 0 Å². The molecular weight excluding hydrogens is 205 g/mol. The first-order chi connectivity index (χ1) is 6.32. The normalized spacial score (nSPS) is 12.1. The van der Waals surface area contributed by atoms with Crippen LogP contribution in [0.3, 0.4) is 0 Å². The standard InChI is InChI=1S/C9H12FNO2S/c1-6(2)7-3-4-9(8(10)5-7)14(11,12)13/h3-6H,1-2H3,(H2,11,12,13). The average molecular weight is 217 g/mol. The highest BCUT2D eigenvalue weighted by atomic mass is 32.2. The Morgan fingerprint density at radius 1 is 1.36 bits per heavy atom. The number of hydrogen-bond donors (Lipinski definition) is 1. The summed E-state index contributed by atoms with van der Waals surface area (Å²) >= 11 is 0. The predicted octanol–water partition coefficient (Wildman–Crippen LogP) is 1.60. The van der Waals surface area contributed by atoms with E-state index in [4.69, 9.17) is 5.14 Å². The fourth-order valence-corrected chi connectivity index (χ4v) is 1.70. The second-order valence-electron chi connectivity index (χ2n) is 3.39. The predicted molar refractivity (Wildman–Crippen MR) is 51.9 cm³/mol. The summed E-state index contributed by atoms with van der Waals surface area (Å²) in [7, 11) is -3.95. The van der Waals surface area contributed by atoms with Gasteiger partial charge < -0.3 is 0 Å². The van der Waals surface area contributed by atoms with Crippen molar-refractivity contribution in [3.63, 3.8) is 0 Å². The van der Waals surface area contributed by atoms with Crippen LogP contribution in [0.4, 0.5) is 4.39 Å². The zero-order valence-corrected chi connectivity index (χ0v) is 8.81. The van der Waals surface area contributed by atoms with Crippen molar-refractivity contribution < 1.29 is 12.8 Å². The van der Waals surface area contributed by atoms with E-state index in [-0.39, 0.29) is 5.92 Å². The minimum atomic E-state index is -3.95. The maximum Gasteiger partial charge on any atom is 0.240 e. The lowest BCUT2D eigenvalue weighted by atomic mass is 10.0. The van der Waals surface area contributed by atoms with Gasteiger partial charge in [0.05, 0.1) is 0 Å². The molecule has 0 unspecified atom stereocenters. The average Bonchev–Trinajstić information content (AvgIpc) is 2.01. The number of rotatable bonds is 2. The molecule has 0 saturated heterocycles. The monoisotopic (exact) mass is 217 g/mol. The molecule has 3 nitrogen and oxygen atoms in total. The van der Waals surface area contributed by atoms with Gasteiger partial charge in [-0.1, -0.05) is 19.9 Å². The van der Waals surface area contributed by atoms with Crippen molar-refractivity contribution in [3.8, 4) is 0 Å². The van der Waals surface area contributed by atoms with Gasteiger partial charge in [0.1, 0.15) is 10.7 Å². The van der Waals surface area contributed by atoms with Crippen LogP contribution in [0.25, 0.3) is 0 Å². The first-order valence-corrected chi connectivity index (χ1v) is 5.69. The van der Waals surface area contributed by atoms with Crippen LogP contribution in [0.2, 0.25) is 0 Å². The van der Waals surface area contributed by atoms with Crippen molar-refractivity contribution in [2.45, 2.75) is 24.7 Å². The number of hydrogen-bond acceptors (Lipinski definition) is 2. The van der Waals surface area contributed by atoms with Crippen LogP contribution in [-0.2, 0) is 10.0 Å². The van der Waals surface area contributed by atoms with Gasteiger partial charge in [-0.25, -0.2) is 17.9 Å². The summed E-state index contributed by atoms with van der Waals surface area (Å²) in [6.45, 7) is 3.79. The molecule has 2 N–H and O–H groups in total. The summed E-state index contributed by atoms with van der Waals surface area (Å²) in [6.07, 6.45) is 0. The van der Waals surface area contributed by atoms with Crippen LogP contribution in [0.5, 0.6) is 0 Å². The fourth-order valence-electron chi connectivity index (χ4n) is 1.11. The molecule has 5 heteroatoms. The van der Waals surface area contributed by atoms with E-state index in [1.54, 1.807) is 6.07 Å². The van der Waals surface area contributed by atoms with Crippen molar-refractivity contribution >= 4 is 10.0 Å². The largest absolute Gasteiger partial charge is 0.240 e. The highest BCUT2D eigenvalue weighted by Crippen LogP contribution is 2.19. The SMILES string of the molecule is CC(C)c1ccc(S(N)(=O)=O)c(F)c1. The Labute approximate surface area is 82.8 Å². The Morgan fingerprint density at radius 2 is 1.93 bits per heavy atom. The molecular formula is C9H12FNO2S. The van der Waals surface area contributed by atoms with Crippen LogP contribution >= 0.6 is 0 Å². The van der Waals surface area contributed by atoms with Gasteiger partial charge in [0.25, 0.3) is 0 Å². The van der Waals surface area contributed by atoms with Crippen molar-refractivity contribution in [2.24, 2.45) is 5.14 Å². The van der Waals surface area contributed by atoms with Crippen LogP contribution in [0, 0.1) is 5.82 Å². The number of nitrogens with two attached hydrogens (primary N) is 1. The highest BCUT2D eigenvalue weighted by Gasteiger charge is 2.14. The number of benzene rings is 1. The quantitative estimate of drug-likeness (QED) is 0.817. The van der Waals surface area contributed by atoms with Crippen molar-refractivity contribution in [1.82, 2.24) is 0 Å². The zero-order chi connectivity index (χ0) is 10.9. The molecule has 1 aromatic carbocycles. The van der Waals surface area contributed by atoms with E-state index in [2.05, 4.69) is 0 Å². The molecule has 0 aliphatic heterocycles. The lowest BCUT2D eigenvalue weighted by Crippen LogP contribution is -2.14. The molecule has 0 atom stereocenters. The third-order valence-electron chi connectivity index (χ3n) is 1.93. The molecule has 0 bridgehead atoms. The van der Waals surface area contributed by atoms with Gasteiger partial charge in [-0.2, -0.15) is 0 Å². The molecule has 0 heterocycles. The molecule has 0 saturated carbocycles. The molecule has 1 aromatic rings. The Hall–Kier alpha value is -0.940. The van der Waals surface area contributed by atoms with E-state index in [1.165, 1.54) is 12.1 Å². The molecule has 0 aliphatic carbocycles. The summed E-state index contributed by atoms with van der Waals surface area (Å²) in [5.74, 6) is -0.641. The van der Waals surface area contributed by atoms with E-state index >= 15 is 0 Å². The van der Waals surface area contributed by atoms with E-state index in [0.29, 0.717) is 0 Å². The van der Waals surface area contributed by atoms with Crippen LogP contribution in [0.15, 0.2) is 23.1 Å². The Balaban J connectivity index is 3.28. The second-order valence-corrected chi connectivity index (χ2v) is 4.92. The molecule has 0 aromatic heterocycles. The molecule has 0 fully saturated rings. The Morgan fingerprint density at radius 3 is 2.29 bits per heavy atom. The maximum absolute atomic E-state index is 13.2. The number of primary sulfonamides is 1. The van der Waals surface area contributed by atoms with Crippen molar-refractivity contribution in [1.29, 1.82) is 0 Å². The van der Waals surface area contributed by atoms with Gasteiger partial charge in [-0.3, -0.25) is 0 Å². The van der Waals surface area contributed by atoms with Gasteiger partial charge in [0.15, 0.2) is 0 Å². The molecule has 0 amide bonds. The molecule has 0 radical (unpaired) electrons. The first kappa shape index (κ1) is 11.1. The van der Waals surface area contributed by atoms with Crippen LogP contribution in [0.1, 0.15) is 25.3 Å². The minimum Gasteiger partial charge on any atom is -0.225 e. The lowest BCUT2D eigenvalue weighted by molar-refractivity contribution is 0.566. The van der Waals surface area contributed by atoms with E-state index in [1.807, 2.05) is 13.8 Å². The summed E-state index contributed by atoms with van der Waals surface area (Å²) in [6, 6.07) is 3.96. The Bertz CT molecular complexity index is 440. The minimum absolute atomic E-state index is 0.152. The lowest BCUT2D eigenvalue weighted by Gasteiger charge is -2.06. The number of sulfonamides is 1. The van der Waals surface area contributed by atoms with Gasteiger partial charge in [-0.05, 0) is 23.6 Å². The first-order valence-electron chi connectivity index (χ1n) is 4.14. The third-order valence-corrected chi connectivity index (χ3v) is 2.87. The van der Waals surface area contributed by atoms with E-state index < -0.39 is 20.7 Å². The summed E-state index contributed by atoms with van der Waals surface area (Å²) in [5, 5.41) is 4.82. The molecule has 0 spiro atoms. The van der Waals surface area contributed by atoms with E-state index in [0.717, 1.165) is 5.56 Å². The van der Waals surface area contributed by atoms with E-state index in [9.17, 15) is 12.8 Å². The smallest absolute Gasteiger partial charge is 0.225 e. The summed E-state index contributed by atoms with van der Waals surface area (Å²) in [4.78, 5) is -0.457. The molecule has 0 aliphatic rings. The topological polar surface area (TPSA) is 60.2 Å². The number of halogens is 1.